The number of hydrogen-bond acceptors (Lipinski definition) is 4. The van der Waals surface area contributed by atoms with Gasteiger partial charge in [0.15, 0.2) is 0 Å². The highest BCUT2D eigenvalue weighted by Gasteiger charge is 2.10. The van der Waals surface area contributed by atoms with Crippen LogP contribution in [0.15, 0.2) is 41.8 Å². The maximum absolute atomic E-state index is 9.28. The number of nitrogens with one attached hydrogen (secondary N) is 1. The van der Waals surface area contributed by atoms with Crippen molar-refractivity contribution >= 4 is 17.4 Å². The van der Waals surface area contributed by atoms with Crippen LogP contribution >= 0.6 is 11.8 Å². The van der Waals surface area contributed by atoms with Crippen molar-refractivity contribution in [1.82, 2.24) is 9.55 Å². The van der Waals surface area contributed by atoms with Gasteiger partial charge in [-0.05, 0) is 25.3 Å². The average Bonchev–Trinajstić information content (AvgIpc) is 2.91. The van der Waals surface area contributed by atoms with Crippen molar-refractivity contribution in [3.05, 3.63) is 42.5 Å². The van der Waals surface area contributed by atoms with Gasteiger partial charge in [0.05, 0.1) is 17.6 Å². The lowest BCUT2D eigenvalue weighted by atomic mass is 10.1. The Morgan fingerprint density at radius 3 is 3.00 bits per heavy atom. The van der Waals surface area contributed by atoms with Crippen LogP contribution < -0.4 is 5.32 Å². The molecule has 0 spiro atoms. The predicted octanol–water partition coefficient (Wildman–Crippen LogP) is 2.98. The number of nitrogens with zero attached hydrogens (tertiary/aromatic N) is 3. The minimum atomic E-state index is 0.221. The van der Waals surface area contributed by atoms with E-state index in [1.807, 2.05) is 35.2 Å². The van der Waals surface area contributed by atoms with Crippen molar-refractivity contribution in [2.45, 2.75) is 24.4 Å². The molecule has 4 nitrogen and oxygen atoms in total. The van der Waals surface area contributed by atoms with Gasteiger partial charge in [0, 0.05) is 29.9 Å². The second-order valence-electron chi connectivity index (χ2n) is 4.30. The molecule has 98 valence electrons. The van der Waals surface area contributed by atoms with Gasteiger partial charge in [0.2, 0.25) is 0 Å². The average molecular weight is 272 g/mol. The Kier molecular flexibility index (Phi) is 4.48. The summed E-state index contributed by atoms with van der Waals surface area (Å²) in [5.74, 6) is 0. The van der Waals surface area contributed by atoms with Crippen LogP contribution in [0.3, 0.4) is 0 Å². The summed E-state index contributed by atoms with van der Waals surface area (Å²) in [7, 11) is 0. The first-order valence-electron chi connectivity index (χ1n) is 6.04. The maximum Gasteiger partial charge on any atom is 0.102 e. The minimum Gasteiger partial charge on any atom is -0.380 e. The van der Waals surface area contributed by atoms with Gasteiger partial charge in [-0.3, -0.25) is 0 Å². The highest BCUT2D eigenvalue weighted by Crippen LogP contribution is 2.26. The van der Waals surface area contributed by atoms with Gasteiger partial charge in [-0.1, -0.05) is 6.07 Å². The van der Waals surface area contributed by atoms with Gasteiger partial charge >= 0.3 is 0 Å². The van der Waals surface area contributed by atoms with E-state index in [4.69, 9.17) is 0 Å². The van der Waals surface area contributed by atoms with Crippen molar-refractivity contribution in [3.8, 4) is 6.07 Å². The first-order valence-corrected chi connectivity index (χ1v) is 7.26. The molecule has 0 radical (unpaired) electrons. The largest absolute Gasteiger partial charge is 0.380 e. The Balaban J connectivity index is 2.12. The number of thioether (sulfide) groups is 1. The Bertz CT molecular complexity index is 572. The van der Waals surface area contributed by atoms with Crippen molar-refractivity contribution < 1.29 is 0 Å². The third-order valence-corrected chi connectivity index (χ3v) is 3.58. The Hall–Kier alpha value is -1.93. The molecule has 0 bridgehead atoms. The fourth-order valence-electron chi connectivity index (χ4n) is 1.96. The zero-order chi connectivity index (χ0) is 13.7. The normalized spacial score (nSPS) is 11.8. The Morgan fingerprint density at radius 1 is 1.53 bits per heavy atom. The number of nitriles is 1. The molecule has 0 amide bonds. The molecule has 1 N–H and O–H groups in total. The topological polar surface area (TPSA) is 53.6 Å². The van der Waals surface area contributed by atoms with E-state index in [0.29, 0.717) is 5.56 Å². The highest BCUT2D eigenvalue weighted by molar-refractivity contribution is 7.98. The van der Waals surface area contributed by atoms with Crippen LogP contribution in [0.25, 0.3) is 0 Å². The number of anilines is 1. The SMILES string of the molecule is CSc1cccc(NC(C)Cn2ccnc2)c1C#N. The molecule has 1 aromatic carbocycles. The fourth-order valence-corrected chi connectivity index (χ4v) is 2.53. The standard InChI is InChI=1S/C14H16N4S/c1-11(9-18-7-6-16-10-18)17-13-4-3-5-14(19-2)12(13)8-15/h3-7,10-11,17H,9H2,1-2H3. The first-order chi connectivity index (χ1) is 9.24. The molecule has 0 saturated carbocycles. The van der Waals surface area contributed by atoms with E-state index < -0.39 is 0 Å². The van der Waals surface area contributed by atoms with Crippen molar-refractivity contribution in [2.24, 2.45) is 0 Å². The third-order valence-electron chi connectivity index (χ3n) is 2.80. The number of aromatic nitrogens is 2. The lowest BCUT2D eigenvalue weighted by molar-refractivity contribution is 0.618. The summed E-state index contributed by atoms with van der Waals surface area (Å²) in [6.07, 6.45) is 7.47. The molecule has 0 aliphatic heterocycles. The Morgan fingerprint density at radius 2 is 2.37 bits per heavy atom. The quantitative estimate of drug-likeness (QED) is 0.850. The van der Waals surface area contributed by atoms with Crippen LogP contribution in [0.1, 0.15) is 12.5 Å². The second-order valence-corrected chi connectivity index (χ2v) is 5.15. The van der Waals surface area contributed by atoms with E-state index in [9.17, 15) is 5.26 Å². The molecule has 1 atom stereocenters. The maximum atomic E-state index is 9.28. The molecule has 0 saturated heterocycles. The van der Waals surface area contributed by atoms with Crippen LogP contribution in [-0.2, 0) is 6.54 Å². The molecule has 0 aliphatic rings. The molecule has 1 unspecified atom stereocenters. The summed E-state index contributed by atoms with van der Waals surface area (Å²) in [4.78, 5) is 5.03. The molecule has 0 aliphatic carbocycles. The van der Waals surface area contributed by atoms with Gasteiger partial charge in [0.25, 0.3) is 0 Å². The van der Waals surface area contributed by atoms with E-state index in [1.165, 1.54) is 0 Å². The van der Waals surface area contributed by atoms with E-state index in [1.54, 1.807) is 24.3 Å². The van der Waals surface area contributed by atoms with Gasteiger partial charge in [-0.15, -0.1) is 11.8 Å². The smallest absolute Gasteiger partial charge is 0.102 e. The van der Waals surface area contributed by atoms with E-state index in [2.05, 4.69) is 23.3 Å². The lowest BCUT2D eigenvalue weighted by Crippen LogP contribution is -2.21. The van der Waals surface area contributed by atoms with Gasteiger partial charge in [-0.2, -0.15) is 5.26 Å². The number of benzene rings is 1. The molecular weight excluding hydrogens is 256 g/mol. The fraction of sp³-hybridized carbons (Fsp3) is 0.286. The van der Waals surface area contributed by atoms with Gasteiger partial charge in [-0.25, -0.2) is 4.98 Å². The first kappa shape index (κ1) is 13.5. The van der Waals surface area contributed by atoms with Crippen LogP contribution in [0.4, 0.5) is 5.69 Å². The van der Waals surface area contributed by atoms with Crippen molar-refractivity contribution in [2.75, 3.05) is 11.6 Å². The highest BCUT2D eigenvalue weighted by atomic mass is 32.2. The molecule has 19 heavy (non-hydrogen) atoms. The molecule has 2 aromatic rings. The van der Waals surface area contributed by atoms with Crippen LogP contribution in [0, 0.1) is 11.3 Å². The van der Waals surface area contributed by atoms with E-state index in [-0.39, 0.29) is 6.04 Å². The number of imidazole rings is 1. The van der Waals surface area contributed by atoms with Crippen molar-refractivity contribution in [1.29, 1.82) is 5.26 Å². The van der Waals surface area contributed by atoms with E-state index in [0.717, 1.165) is 17.1 Å². The summed E-state index contributed by atoms with van der Waals surface area (Å²) >= 11 is 1.59. The number of hydrogen-bond donors (Lipinski definition) is 1. The predicted molar refractivity (Wildman–Crippen MR) is 78.2 cm³/mol. The summed E-state index contributed by atoms with van der Waals surface area (Å²) in [5.41, 5.74) is 1.61. The molecule has 5 heteroatoms. The zero-order valence-corrected chi connectivity index (χ0v) is 11.8. The van der Waals surface area contributed by atoms with Gasteiger partial charge < -0.3 is 9.88 Å². The monoisotopic (exact) mass is 272 g/mol. The molecule has 1 heterocycles. The van der Waals surface area contributed by atoms with Crippen molar-refractivity contribution in [3.63, 3.8) is 0 Å². The Labute approximate surface area is 117 Å². The molecular formula is C14H16N4S. The number of rotatable bonds is 5. The summed E-state index contributed by atoms with van der Waals surface area (Å²) < 4.78 is 2.02. The lowest BCUT2D eigenvalue weighted by Gasteiger charge is -2.17. The van der Waals surface area contributed by atoms with E-state index >= 15 is 0 Å². The van der Waals surface area contributed by atoms with Gasteiger partial charge in [0.1, 0.15) is 6.07 Å². The summed E-state index contributed by atoms with van der Waals surface area (Å²) in [6.45, 7) is 2.90. The van der Waals surface area contributed by atoms with Crippen LogP contribution in [-0.4, -0.2) is 21.8 Å². The summed E-state index contributed by atoms with van der Waals surface area (Å²) in [5, 5.41) is 12.7. The third kappa shape index (κ3) is 3.30. The van der Waals surface area contributed by atoms with Crippen LogP contribution in [0.2, 0.25) is 0 Å². The summed E-state index contributed by atoms with van der Waals surface area (Å²) in [6, 6.07) is 8.38. The second kappa shape index (κ2) is 6.30. The molecule has 1 aromatic heterocycles. The molecule has 2 rings (SSSR count). The molecule has 0 fully saturated rings. The minimum absolute atomic E-state index is 0.221. The zero-order valence-electron chi connectivity index (χ0n) is 11.0. The van der Waals surface area contributed by atoms with Crippen LogP contribution in [0.5, 0.6) is 0 Å².